The number of nitrogens with one attached hydrogen (secondary N) is 1. The van der Waals surface area contributed by atoms with Gasteiger partial charge in [-0.3, -0.25) is 4.79 Å². The largest absolute Gasteiger partial charge is 0.328 e. The van der Waals surface area contributed by atoms with Crippen molar-refractivity contribution in [3.8, 4) is 0 Å². The average Bonchev–Trinajstić information content (AvgIpc) is 3.31. The van der Waals surface area contributed by atoms with Gasteiger partial charge in [0.25, 0.3) is 0 Å². The summed E-state index contributed by atoms with van der Waals surface area (Å²) >= 11 is 7.89. The number of thiophene rings is 1. The van der Waals surface area contributed by atoms with Gasteiger partial charge in [-0.05, 0) is 29.1 Å². The highest BCUT2D eigenvalue weighted by atomic mass is 35.5. The molecular formula is C19H15ClN4OS. The molecule has 0 amide bonds. The number of carbonyl (C=O) groups excluding carboxylic acids is 1. The lowest BCUT2D eigenvalue weighted by molar-refractivity contribution is -0.123. The third-order valence-corrected chi connectivity index (χ3v) is 6.23. The highest BCUT2D eigenvalue weighted by Gasteiger charge is 2.43. The van der Waals surface area contributed by atoms with E-state index < -0.39 is 0 Å². The predicted octanol–water partition coefficient (Wildman–Crippen LogP) is 4.26. The third-order valence-electron chi connectivity index (χ3n) is 4.99. The minimum absolute atomic E-state index is 0.107. The Morgan fingerprint density at radius 3 is 3.00 bits per heavy atom. The van der Waals surface area contributed by atoms with E-state index in [9.17, 15) is 4.79 Å². The van der Waals surface area contributed by atoms with Crippen molar-refractivity contribution >= 4 is 34.7 Å². The summed E-state index contributed by atoms with van der Waals surface area (Å²) in [5.41, 5.74) is 1.87. The number of hydrogen-bond acceptors (Lipinski definition) is 5. The Morgan fingerprint density at radius 1 is 1.27 bits per heavy atom. The van der Waals surface area contributed by atoms with Crippen molar-refractivity contribution < 1.29 is 4.79 Å². The Bertz CT molecular complexity index is 1010. The van der Waals surface area contributed by atoms with E-state index in [1.54, 1.807) is 16.0 Å². The lowest BCUT2D eigenvalue weighted by Gasteiger charge is -2.37. The van der Waals surface area contributed by atoms with Crippen LogP contribution in [0, 0.1) is 5.92 Å². The number of anilines is 1. The Balaban J connectivity index is 1.64. The smallest absolute Gasteiger partial charge is 0.226 e. The number of hydrogen-bond donors (Lipinski definition) is 1. The molecule has 0 fully saturated rings. The molecule has 0 spiro atoms. The second-order valence-electron chi connectivity index (χ2n) is 6.55. The summed E-state index contributed by atoms with van der Waals surface area (Å²) in [4.78, 5) is 18.7. The van der Waals surface area contributed by atoms with E-state index in [0.717, 1.165) is 11.3 Å². The molecule has 5 nitrogen and oxygen atoms in total. The number of Topliss-reactive ketones (excluding diaryl/α,β-unsaturated/α-hetero) is 1. The van der Waals surface area contributed by atoms with Gasteiger partial charge < -0.3 is 5.32 Å². The summed E-state index contributed by atoms with van der Waals surface area (Å²) in [5.74, 6) is 0.659. The van der Waals surface area contributed by atoms with Gasteiger partial charge in [-0.25, -0.2) is 4.68 Å². The average molecular weight is 383 g/mol. The van der Waals surface area contributed by atoms with Gasteiger partial charge in [0.2, 0.25) is 5.95 Å². The zero-order chi connectivity index (χ0) is 17.7. The second-order valence-corrected chi connectivity index (χ2v) is 7.96. The van der Waals surface area contributed by atoms with Crippen LogP contribution >= 0.6 is 22.9 Å². The number of nitrogens with zero attached hydrogens (tertiary/aromatic N) is 3. The van der Waals surface area contributed by atoms with Crippen LogP contribution in [-0.2, 0) is 4.79 Å². The Morgan fingerprint density at radius 2 is 2.19 bits per heavy atom. The van der Waals surface area contributed by atoms with Gasteiger partial charge in [0.15, 0.2) is 0 Å². The molecule has 3 atom stereocenters. The molecule has 0 saturated heterocycles. The highest BCUT2D eigenvalue weighted by Crippen LogP contribution is 2.44. The number of rotatable bonds is 2. The maximum Gasteiger partial charge on any atom is 0.226 e. The van der Waals surface area contributed by atoms with Crippen molar-refractivity contribution in [2.24, 2.45) is 5.92 Å². The Labute approximate surface area is 159 Å². The van der Waals surface area contributed by atoms with Crippen molar-refractivity contribution in [3.63, 3.8) is 0 Å². The monoisotopic (exact) mass is 382 g/mol. The maximum absolute atomic E-state index is 13.2. The van der Waals surface area contributed by atoms with Crippen molar-refractivity contribution in [2.75, 3.05) is 5.32 Å². The molecule has 3 aromatic rings. The molecule has 2 aliphatic rings. The molecule has 2 aromatic heterocycles. The summed E-state index contributed by atoms with van der Waals surface area (Å²) < 4.78 is 1.79. The van der Waals surface area contributed by atoms with Crippen molar-refractivity contribution in [1.82, 2.24) is 14.8 Å². The SMILES string of the molecule is O=C1C[C@H](c2cccs2)C=C2Nc3ncnn3[C@H](c3cccc(Cl)c3)[C@@H]12. The lowest BCUT2D eigenvalue weighted by Crippen LogP contribution is -2.40. The summed E-state index contributed by atoms with van der Waals surface area (Å²) in [6, 6.07) is 11.5. The number of aromatic nitrogens is 3. The number of carbonyl (C=O) groups is 1. The van der Waals surface area contributed by atoms with Gasteiger partial charge >= 0.3 is 0 Å². The first-order valence-corrected chi connectivity index (χ1v) is 9.66. The van der Waals surface area contributed by atoms with Crippen LogP contribution in [-0.4, -0.2) is 20.5 Å². The molecule has 0 saturated carbocycles. The molecule has 1 aromatic carbocycles. The van der Waals surface area contributed by atoms with Crippen LogP contribution in [0.3, 0.4) is 0 Å². The fourth-order valence-corrected chi connectivity index (χ4v) is 4.88. The van der Waals surface area contributed by atoms with Gasteiger partial charge in [0.05, 0.1) is 12.0 Å². The second kappa shape index (κ2) is 6.07. The third kappa shape index (κ3) is 2.48. The van der Waals surface area contributed by atoms with E-state index in [-0.39, 0.29) is 23.7 Å². The quantitative estimate of drug-likeness (QED) is 0.719. The standard InChI is InChI=1S/C19H15ClN4OS/c20-13-4-1-3-11(7-13)18-17-14(23-19-21-10-22-24(18)19)8-12(9-15(17)25)16-5-2-6-26-16/h1-8,10,12,17-18H,9H2,(H,21,22,23)/t12-,17-,18-/m1/s1. The molecule has 1 aliphatic carbocycles. The summed E-state index contributed by atoms with van der Waals surface area (Å²) in [6.07, 6.45) is 4.18. The summed E-state index contributed by atoms with van der Waals surface area (Å²) in [7, 11) is 0. The first kappa shape index (κ1) is 15.8. The first-order chi connectivity index (χ1) is 12.7. The van der Waals surface area contributed by atoms with Crippen LogP contribution in [0.25, 0.3) is 0 Å². The molecule has 1 aliphatic heterocycles. The molecule has 26 heavy (non-hydrogen) atoms. The zero-order valence-electron chi connectivity index (χ0n) is 13.7. The van der Waals surface area contributed by atoms with E-state index in [4.69, 9.17) is 11.6 Å². The minimum Gasteiger partial charge on any atom is -0.328 e. The lowest BCUT2D eigenvalue weighted by atomic mass is 9.77. The van der Waals surface area contributed by atoms with E-state index >= 15 is 0 Å². The Kier molecular flexibility index (Phi) is 3.69. The van der Waals surface area contributed by atoms with Crippen LogP contribution < -0.4 is 5.32 Å². The van der Waals surface area contributed by atoms with Crippen LogP contribution in [0.4, 0.5) is 5.95 Å². The molecule has 130 valence electrons. The van der Waals surface area contributed by atoms with Crippen LogP contribution in [0.2, 0.25) is 5.02 Å². The first-order valence-electron chi connectivity index (χ1n) is 8.40. The molecule has 5 rings (SSSR count). The number of halogens is 1. The van der Waals surface area contributed by atoms with Gasteiger partial charge in [-0.2, -0.15) is 10.1 Å². The van der Waals surface area contributed by atoms with E-state index in [1.165, 1.54) is 11.2 Å². The topological polar surface area (TPSA) is 59.8 Å². The zero-order valence-corrected chi connectivity index (χ0v) is 15.2. The number of allylic oxidation sites excluding steroid dienone is 2. The van der Waals surface area contributed by atoms with Gasteiger partial charge in [0, 0.05) is 27.9 Å². The molecule has 0 radical (unpaired) electrons. The fraction of sp³-hybridized carbons (Fsp3) is 0.211. The van der Waals surface area contributed by atoms with Crippen molar-refractivity contribution in [1.29, 1.82) is 0 Å². The Hall–Kier alpha value is -2.44. The van der Waals surface area contributed by atoms with Crippen LogP contribution in [0.5, 0.6) is 0 Å². The van der Waals surface area contributed by atoms with Gasteiger partial charge in [-0.15, -0.1) is 11.3 Å². The highest BCUT2D eigenvalue weighted by molar-refractivity contribution is 7.10. The minimum atomic E-state index is -0.307. The number of ketones is 1. The molecule has 3 heterocycles. The molecule has 0 bridgehead atoms. The van der Waals surface area contributed by atoms with Crippen LogP contribution in [0.15, 0.2) is 59.9 Å². The van der Waals surface area contributed by atoms with Gasteiger partial charge in [-0.1, -0.05) is 35.9 Å². The molecular weight excluding hydrogens is 368 g/mol. The molecule has 7 heteroatoms. The van der Waals surface area contributed by atoms with Gasteiger partial charge in [0.1, 0.15) is 12.1 Å². The van der Waals surface area contributed by atoms with E-state index in [1.807, 2.05) is 35.7 Å². The van der Waals surface area contributed by atoms with Crippen molar-refractivity contribution in [3.05, 3.63) is 75.3 Å². The molecule has 1 N–H and O–H groups in total. The molecule has 0 unspecified atom stereocenters. The maximum atomic E-state index is 13.2. The predicted molar refractivity (Wildman–Crippen MR) is 101 cm³/mol. The summed E-state index contributed by atoms with van der Waals surface area (Å²) in [6.45, 7) is 0. The normalized spacial score (nSPS) is 24.4. The van der Waals surface area contributed by atoms with E-state index in [2.05, 4.69) is 27.5 Å². The van der Waals surface area contributed by atoms with Crippen LogP contribution in [0.1, 0.15) is 28.8 Å². The number of benzene rings is 1. The van der Waals surface area contributed by atoms with Crippen molar-refractivity contribution in [2.45, 2.75) is 18.4 Å². The summed E-state index contributed by atoms with van der Waals surface area (Å²) in [5, 5.41) is 10.4. The number of fused-ring (bicyclic) bond motifs is 2. The fourth-order valence-electron chi connectivity index (χ4n) is 3.88. The van der Waals surface area contributed by atoms with E-state index in [0.29, 0.717) is 17.4 Å².